The normalized spacial score (nSPS) is 18.6. The van der Waals surface area contributed by atoms with E-state index < -0.39 is 11.9 Å². The van der Waals surface area contributed by atoms with E-state index in [0.717, 1.165) is 0 Å². The van der Waals surface area contributed by atoms with Gasteiger partial charge in [-0.25, -0.2) is 4.79 Å². The number of carbonyl (C=O) groups excluding carboxylic acids is 1. The van der Waals surface area contributed by atoms with E-state index in [1.54, 1.807) is 6.92 Å². The molecule has 8 nitrogen and oxygen atoms in total. The summed E-state index contributed by atoms with van der Waals surface area (Å²) >= 11 is 0. The molecule has 19 heavy (non-hydrogen) atoms. The smallest absolute Gasteiger partial charge is 0.317 e. The highest BCUT2D eigenvalue weighted by Crippen LogP contribution is 2.15. The van der Waals surface area contributed by atoms with Gasteiger partial charge in [0.25, 0.3) is 0 Å². The number of hydrogen-bond donors (Lipinski definition) is 2. The predicted molar refractivity (Wildman–Crippen MR) is 63.5 cm³/mol. The fourth-order valence-electron chi connectivity index (χ4n) is 1.98. The first-order chi connectivity index (χ1) is 9.06. The van der Waals surface area contributed by atoms with Crippen molar-refractivity contribution in [3.8, 4) is 0 Å². The quantitative estimate of drug-likeness (QED) is 0.797. The number of carboxylic acid groups (broad SMARTS) is 1. The van der Waals surface area contributed by atoms with E-state index in [-0.39, 0.29) is 12.6 Å². The Morgan fingerprint density at radius 3 is 2.95 bits per heavy atom. The van der Waals surface area contributed by atoms with Crippen molar-refractivity contribution < 1.29 is 19.2 Å². The van der Waals surface area contributed by atoms with Crippen LogP contribution in [0, 0.1) is 12.8 Å². The molecule has 1 unspecified atom stereocenters. The Balaban J connectivity index is 1.72. The molecule has 2 N–H and O–H groups in total. The number of aryl methyl sites for hydroxylation is 1. The lowest BCUT2D eigenvalue weighted by atomic mass is 10.1. The number of nitrogens with zero attached hydrogens (tertiary/aromatic N) is 3. The first-order valence-electron chi connectivity index (χ1n) is 6.11. The third-order valence-corrected chi connectivity index (χ3v) is 3.02. The van der Waals surface area contributed by atoms with Gasteiger partial charge in [-0.3, -0.25) is 4.79 Å². The molecule has 2 amide bonds. The lowest BCUT2D eigenvalue weighted by Gasteiger charge is -2.16. The zero-order valence-corrected chi connectivity index (χ0v) is 10.6. The van der Waals surface area contributed by atoms with Crippen molar-refractivity contribution in [2.24, 2.45) is 5.92 Å². The third kappa shape index (κ3) is 3.43. The molecule has 0 bridgehead atoms. The number of aromatic nitrogens is 2. The molecule has 1 atom stereocenters. The van der Waals surface area contributed by atoms with Gasteiger partial charge in [0.15, 0.2) is 5.82 Å². The highest BCUT2D eigenvalue weighted by Gasteiger charge is 2.30. The van der Waals surface area contributed by atoms with Gasteiger partial charge in [-0.05, 0) is 6.42 Å². The van der Waals surface area contributed by atoms with Crippen LogP contribution >= 0.6 is 0 Å². The molecule has 0 aromatic carbocycles. The van der Waals surface area contributed by atoms with E-state index in [0.29, 0.717) is 37.6 Å². The van der Waals surface area contributed by atoms with E-state index in [4.69, 9.17) is 9.63 Å². The molecular formula is C11H16N4O4. The minimum Gasteiger partial charge on any atom is -0.481 e. The van der Waals surface area contributed by atoms with Crippen LogP contribution in [0.1, 0.15) is 18.1 Å². The molecule has 1 saturated heterocycles. The van der Waals surface area contributed by atoms with Crippen molar-refractivity contribution in [1.82, 2.24) is 20.4 Å². The summed E-state index contributed by atoms with van der Waals surface area (Å²) < 4.78 is 4.81. The van der Waals surface area contributed by atoms with Crippen LogP contribution in [0.15, 0.2) is 4.52 Å². The lowest BCUT2D eigenvalue weighted by molar-refractivity contribution is -0.141. The van der Waals surface area contributed by atoms with Crippen molar-refractivity contribution in [1.29, 1.82) is 0 Å². The summed E-state index contributed by atoms with van der Waals surface area (Å²) in [4.78, 5) is 28.1. The number of nitrogens with one attached hydrogen (secondary N) is 1. The Bertz CT molecular complexity index is 473. The van der Waals surface area contributed by atoms with E-state index in [9.17, 15) is 9.59 Å². The summed E-state index contributed by atoms with van der Waals surface area (Å²) in [6.07, 6.45) is 0.992. The van der Waals surface area contributed by atoms with Gasteiger partial charge in [-0.2, -0.15) is 4.98 Å². The molecule has 0 saturated carbocycles. The molecule has 2 rings (SSSR count). The summed E-state index contributed by atoms with van der Waals surface area (Å²) in [5, 5.41) is 15.3. The fraction of sp³-hybridized carbons (Fsp3) is 0.636. The van der Waals surface area contributed by atoms with Crippen molar-refractivity contribution in [3.05, 3.63) is 11.7 Å². The highest BCUT2D eigenvalue weighted by molar-refractivity contribution is 5.77. The van der Waals surface area contributed by atoms with Crippen LogP contribution in [0.2, 0.25) is 0 Å². The van der Waals surface area contributed by atoms with Crippen molar-refractivity contribution >= 4 is 12.0 Å². The Kier molecular flexibility index (Phi) is 3.98. The fourth-order valence-corrected chi connectivity index (χ4v) is 1.98. The molecule has 1 aliphatic rings. The van der Waals surface area contributed by atoms with E-state index in [2.05, 4.69) is 15.5 Å². The number of hydrogen-bond acceptors (Lipinski definition) is 5. The summed E-state index contributed by atoms with van der Waals surface area (Å²) in [5.74, 6) is -0.268. The van der Waals surface area contributed by atoms with Gasteiger partial charge in [0.05, 0.1) is 5.92 Å². The average Bonchev–Trinajstić information content (AvgIpc) is 2.98. The van der Waals surface area contributed by atoms with E-state index >= 15 is 0 Å². The van der Waals surface area contributed by atoms with Crippen LogP contribution in [-0.4, -0.2) is 51.8 Å². The molecule has 2 heterocycles. The molecule has 8 heteroatoms. The van der Waals surface area contributed by atoms with Crippen molar-refractivity contribution in [2.45, 2.75) is 19.8 Å². The average molecular weight is 268 g/mol. The largest absolute Gasteiger partial charge is 0.481 e. The highest BCUT2D eigenvalue weighted by atomic mass is 16.5. The number of amides is 2. The number of urea groups is 1. The van der Waals surface area contributed by atoms with Gasteiger partial charge in [0, 0.05) is 33.0 Å². The van der Waals surface area contributed by atoms with Gasteiger partial charge < -0.3 is 19.8 Å². The first-order valence-corrected chi connectivity index (χ1v) is 6.11. The van der Waals surface area contributed by atoms with Crippen LogP contribution in [0.25, 0.3) is 0 Å². The van der Waals surface area contributed by atoms with E-state index in [1.165, 1.54) is 4.90 Å². The summed E-state index contributed by atoms with van der Waals surface area (Å²) in [6, 6.07) is -0.246. The Morgan fingerprint density at radius 1 is 1.58 bits per heavy atom. The van der Waals surface area contributed by atoms with Crippen LogP contribution in [0.3, 0.4) is 0 Å². The van der Waals surface area contributed by atoms with Gasteiger partial charge in [-0.15, -0.1) is 0 Å². The zero-order valence-electron chi connectivity index (χ0n) is 10.6. The summed E-state index contributed by atoms with van der Waals surface area (Å²) in [7, 11) is 0. The lowest BCUT2D eigenvalue weighted by Crippen LogP contribution is -2.39. The first kappa shape index (κ1) is 13.3. The van der Waals surface area contributed by atoms with Crippen LogP contribution in [0.5, 0.6) is 0 Å². The molecule has 1 fully saturated rings. The molecular weight excluding hydrogens is 252 g/mol. The van der Waals surface area contributed by atoms with Gasteiger partial charge >= 0.3 is 12.0 Å². The van der Waals surface area contributed by atoms with Crippen molar-refractivity contribution in [2.75, 3.05) is 19.6 Å². The second-order valence-electron chi connectivity index (χ2n) is 4.48. The standard InChI is InChI=1S/C11H16N4O4/c1-7-13-9(14-19-7)2-4-12-11(18)15-5-3-8(6-15)10(16)17/h8H,2-6H2,1H3,(H,12,18)(H,16,17). The molecule has 0 spiro atoms. The maximum Gasteiger partial charge on any atom is 0.317 e. The second kappa shape index (κ2) is 5.68. The molecule has 104 valence electrons. The topological polar surface area (TPSA) is 109 Å². The maximum absolute atomic E-state index is 11.8. The molecule has 1 aromatic rings. The maximum atomic E-state index is 11.8. The molecule has 1 aromatic heterocycles. The Morgan fingerprint density at radius 2 is 2.37 bits per heavy atom. The number of carboxylic acids is 1. The van der Waals surface area contributed by atoms with E-state index in [1.807, 2.05) is 0 Å². The summed E-state index contributed by atoms with van der Waals surface area (Å²) in [6.45, 7) is 2.84. The van der Waals surface area contributed by atoms with Gasteiger partial charge in [0.1, 0.15) is 0 Å². The van der Waals surface area contributed by atoms with Crippen molar-refractivity contribution in [3.63, 3.8) is 0 Å². The second-order valence-corrected chi connectivity index (χ2v) is 4.48. The number of rotatable bonds is 4. The zero-order chi connectivity index (χ0) is 13.8. The molecule has 0 aliphatic carbocycles. The monoisotopic (exact) mass is 268 g/mol. The minimum absolute atomic E-state index is 0.246. The summed E-state index contributed by atoms with van der Waals surface area (Å²) in [5.41, 5.74) is 0. The number of aliphatic carboxylic acids is 1. The SMILES string of the molecule is Cc1nc(CCNC(=O)N2CCC(C(=O)O)C2)no1. The number of likely N-dealkylation sites (tertiary alicyclic amines) is 1. The van der Waals surface area contributed by atoms with Gasteiger partial charge in [0.2, 0.25) is 5.89 Å². The van der Waals surface area contributed by atoms with Crippen LogP contribution in [-0.2, 0) is 11.2 Å². The van der Waals surface area contributed by atoms with Crippen LogP contribution in [0.4, 0.5) is 4.79 Å². The molecule has 1 aliphatic heterocycles. The third-order valence-electron chi connectivity index (χ3n) is 3.02. The molecule has 0 radical (unpaired) electrons. The Hall–Kier alpha value is -2.12. The Labute approximate surface area is 109 Å². The predicted octanol–water partition coefficient (Wildman–Crippen LogP) is 0.0366. The number of carbonyl (C=O) groups is 2. The van der Waals surface area contributed by atoms with Gasteiger partial charge in [-0.1, -0.05) is 5.16 Å². The minimum atomic E-state index is -0.849. The van der Waals surface area contributed by atoms with Crippen LogP contribution < -0.4 is 5.32 Å².